The number of benzene rings is 1. The minimum Gasteiger partial charge on any atom is -0.478 e. The van der Waals surface area contributed by atoms with Gasteiger partial charge in [0.25, 0.3) is 9.05 Å². The molecule has 0 saturated heterocycles. The minimum absolute atomic E-state index is 0.0603. The molecule has 15 heavy (non-hydrogen) atoms. The Morgan fingerprint density at radius 1 is 1.47 bits per heavy atom. The first-order chi connectivity index (χ1) is 6.73. The Labute approximate surface area is 105 Å². The molecule has 0 aromatic heterocycles. The van der Waals surface area contributed by atoms with Crippen molar-refractivity contribution >= 4 is 48.3 Å². The summed E-state index contributed by atoms with van der Waals surface area (Å²) in [5.74, 6) is -1.18. The highest BCUT2D eigenvalue weighted by molar-refractivity contribution is 14.1. The quantitative estimate of drug-likeness (QED) is 0.648. The fourth-order valence-electron chi connectivity index (χ4n) is 1.03. The summed E-state index contributed by atoms with van der Waals surface area (Å²) in [6, 6.07) is 2.40. The summed E-state index contributed by atoms with van der Waals surface area (Å²) in [5.41, 5.74) is 0.504. The molecule has 0 aliphatic heterocycles. The number of carboxylic acid groups (broad SMARTS) is 1. The molecule has 1 N–H and O–H groups in total. The van der Waals surface area contributed by atoms with Crippen LogP contribution in [-0.2, 0) is 9.05 Å². The van der Waals surface area contributed by atoms with Crippen LogP contribution in [0.25, 0.3) is 0 Å². The Morgan fingerprint density at radius 2 is 2.00 bits per heavy atom. The van der Waals surface area contributed by atoms with Crippen molar-refractivity contribution in [1.82, 2.24) is 0 Å². The standard InChI is InChI=1S/C8H6ClIO4S/c1-4-2-5(15(9,13)14)3-6(7(4)10)8(11)12/h2-3H,1H3,(H,11,12). The van der Waals surface area contributed by atoms with Crippen molar-refractivity contribution in [2.24, 2.45) is 0 Å². The number of carbonyl (C=O) groups is 1. The van der Waals surface area contributed by atoms with Crippen molar-refractivity contribution in [3.8, 4) is 0 Å². The smallest absolute Gasteiger partial charge is 0.336 e. The van der Waals surface area contributed by atoms with Gasteiger partial charge in [0, 0.05) is 14.3 Å². The molecule has 7 heteroatoms. The number of halogens is 2. The lowest BCUT2D eigenvalue weighted by Gasteiger charge is -2.05. The molecule has 82 valence electrons. The SMILES string of the molecule is Cc1cc(S(=O)(=O)Cl)cc(C(=O)O)c1I. The van der Waals surface area contributed by atoms with Crippen LogP contribution in [0.15, 0.2) is 17.0 Å². The Kier molecular flexibility index (Phi) is 3.62. The van der Waals surface area contributed by atoms with Crippen LogP contribution in [0.2, 0.25) is 0 Å². The Morgan fingerprint density at radius 3 is 2.40 bits per heavy atom. The Balaban J connectivity index is 3.57. The average molecular weight is 361 g/mol. The second-order valence-electron chi connectivity index (χ2n) is 2.84. The topological polar surface area (TPSA) is 71.4 Å². The van der Waals surface area contributed by atoms with Crippen molar-refractivity contribution in [2.75, 3.05) is 0 Å². The average Bonchev–Trinajstić information content (AvgIpc) is 2.06. The van der Waals surface area contributed by atoms with Crippen molar-refractivity contribution < 1.29 is 18.3 Å². The van der Waals surface area contributed by atoms with E-state index in [1.54, 1.807) is 6.92 Å². The third-order valence-electron chi connectivity index (χ3n) is 1.74. The number of hydrogen-bond donors (Lipinski definition) is 1. The van der Waals surface area contributed by atoms with Gasteiger partial charge in [-0.15, -0.1) is 0 Å². The molecule has 0 bridgehead atoms. The van der Waals surface area contributed by atoms with Gasteiger partial charge in [-0.1, -0.05) is 0 Å². The van der Waals surface area contributed by atoms with E-state index in [1.807, 2.05) is 22.6 Å². The molecule has 1 aromatic rings. The monoisotopic (exact) mass is 360 g/mol. The summed E-state index contributed by atoms with van der Waals surface area (Å²) in [4.78, 5) is 10.6. The summed E-state index contributed by atoms with van der Waals surface area (Å²) in [5, 5.41) is 8.84. The van der Waals surface area contributed by atoms with Crippen LogP contribution < -0.4 is 0 Å². The van der Waals surface area contributed by atoms with Gasteiger partial charge in [-0.2, -0.15) is 0 Å². The normalized spacial score (nSPS) is 11.4. The van der Waals surface area contributed by atoms with Gasteiger partial charge < -0.3 is 5.11 Å². The van der Waals surface area contributed by atoms with Crippen LogP contribution in [0.5, 0.6) is 0 Å². The van der Waals surface area contributed by atoms with E-state index in [-0.39, 0.29) is 10.5 Å². The number of hydrogen-bond acceptors (Lipinski definition) is 3. The third-order valence-corrected chi connectivity index (χ3v) is 4.51. The molecular formula is C8H6ClIO4S. The number of aromatic carboxylic acids is 1. The van der Waals surface area contributed by atoms with Crippen LogP contribution in [0.4, 0.5) is 0 Å². The van der Waals surface area contributed by atoms with Crippen LogP contribution in [0, 0.1) is 10.5 Å². The van der Waals surface area contributed by atoms with Gasteiger partial charge in [-0.05, 0) is 47.2 Å². The molecule has 0 unspecified atom stereocenters. The van der Waals surface area contributed by atoms with Crippen molar-refractivity contribution in [3.05, 3.63) is 26.8 Å². The van der Waals surface area contributed by atoms with E-state index in [9.17, 15) is 13.2 Å². The summed E-state index contributed by atoms with van der Waals surface area (Å²) in [6.45, 7) is 1.62. The summed E-state index contributed by atoms with van der Waals surface area (Å²) in [7, 11) is 1.24. The molecule has 0 fully saturated rings. The molecule has 0 aliphatic rings. The largest absolute Gasteiger partial charge is 0.478 e. The molecule has 0 heterocycles. The Bertz CT molecular complexity index is 524. The first kappa shape index (κ1) is 12.7. The molecule has 4 nitrogen and oxygen atoms in total. The highest BCUT2D eigenvalue weighted by Crippen LogP contribution is 2.24. The van der Waals surface area contributed by atoms with Crippen molar-refractivity contribution in [1.29, 1.82) is 0 Å². The van der Waals surface area contributed by atoms with E-state index < -0.39 is 15.0 Å². The van der Waals surface area contributed by atoms with E-state index >= 15 is 0 Å². The molecule has 0 spiro atoms. The lowest BCUT2D eigenvalue weighted by molar-refractivity contribution is 0.0695. The van der Waals surface area contributed by atoms with Crippen LogP contribution in [0.3, 0.4) is 0 Å². The van der Waals surface area contributed by atoms with Gasteiger partial charge in [0.05, 0.1) is 10.5 Å². The molecule has 1 rings (SSSR count). The van der Waals surface area contributed by atoms with Crippen LogP contribution in [0.1, 0.15) is 15.9 Å². The third kappa shape index (κ3) is 2.82. The van der Waals surface area contributed by atoms with E-state index in [1.165, 1.54) is 6.07 Å². The predicted octanol–water partition coefficient (Wildman–Crippen LogP) is 2.23. The maximum Gasteiger partial charge on any atom is 0.336 e. The minimum atomic E-state index is -3.89. The highest BCUT2D eigenvalue weighted by atomic mass is 127. The molecular weight excluding hydrogens is 355 g/mol. The fraction of sp³-hybridized carbons (Fsp3) is 0.125. The maximum atomic E-state index is 11.0. The second-order valence-corrected chi connectivity index (χ2v) is 6.49. The van der Waals surface area contributed by atoms with E-state index in [0.717, 1.165) is 6.07 Å². The molecule has 1 aromatic carbocycles. The van der Waals surface area contributed by atoms with Gasteiger partial charge >= 0.3 is 5.97 Å². The zero-order valence-electron chi connectivity index (χ0n) is 7.49. The number of rotatable bonds is 2. The van der Waals surface area contributed by atoms with Crippen LogP contribution >= 0.6 is 33.3 Å². The van der Waals surface area contributed by atoms with Crippen molar-refractivity contribution in [2.45, 2.75) is 11.8 Å². The molecule has 0 saturated carbocycles. The number of carboxylic acids is 1. The predicted molar refractivity (Wildman–Crippen MR) is 63.9 cm³/mol. The van der Waals surface area contributed by atoms with E-state index in [0.29, 0.717) is 9.13 Å². The Hall–Kier alpha value is -0.340. The fourth-order valence-corrected chi connectivity index (χ4v) is 2.42. The second kappa shape index (κ2) is 4.26. The van der Waals surface area contributed by atoms with E-state index in [2.05, 4.69) is 0 Å². The van der Waals surface area contributed by atoms with Gasteiger partial charge in [-0.3, -0.25) is 0 Å². The molecule has 0 radical (unpaired) electrons. The lowest BCUT2D eigenvalue weighted by Crippen LogP contribution is -2.04. The number of aryl methyl sites for hydroxylation is 1. The van der Waals surface area contributed by atoms with Gasteiger partial charge in [0.15, 0.2) is 0 Å². The zero-order chi connectivity index (χ0) is 11.8. The summed E-state index contributed by atoms with van der Waals surface area (Å²) >= 11 is 1.85. The van der Waals surface area contributed by atoms with Crippen molar-refractivity contribution in [3.63, 3.8) is 0 Å². The zero-order valence-corrected chi connectivity index (χ0v) is 11.2. The summed E-state index contributed by atoms with van der Waals surface area (Å²) in [6.07, 6.45) is 0. The first-order valence-corrected chi connectivity index (χ1v) is 7.10. The van der Waals surface area contributed by atoms with E-state index in [4.69, 9.17) is 15.8 Å². The summed E-state index contributed by atoms with van der Waals surface area (Å²) < 4.78 is 22.6. The molecule has 0 aliphatic carbocycles. The van der Waals surface area contributed by atoms with Gasteiger partial charge in [0.1, 0.15) is 0 Å². The van der Waals surface area contributed by atoms with Gasteiger partial charge in [0.2, 0.25) is 0 Å². The first-order valence-electron chi connectivity index (χ1n) is 3.71. The van der Waals surface area contributed by atoms with Crippen LogP contribution in [-0.4, -0.2) is 19.5 Å². The lowest BCUT2D eigenvalue weighted by atomic mass is 10.1. The molecule has 0 amide bonds. The maximum absolute atomic E-state index is 11.0. The highest BCUT2D eigenvalue weighted by Gasteiger charge is 2.17. The molecule has 0 atom stereocenters. The van der Waals surface area contributed by atoms with Gasteiger partial charge in [-0.25, -0.2) is 13.2 Å².